The number of imide groups is 1. The minimum absolute atomic E-state index is 0.0861. The number of amides is 3. The fraction of sp³-hybridized carbons (Fsp3) is 0.250. The van der Waals surface area contributed by atoms with E-state index in [4.69, 9.17) is 69.6 Å². The van der Waals surface area contributed by atoms with Crippen LogP contribution < -0.4 is 0 Å². The van der Waals surface area contributed by atoms with Crippen molar-refractivity contribution >= 4 is 98.8 Å². The van der Waals surface area contributed by atoms with Crippen molar-refractivity contribution in [1.29, 1.82) is 0 Å². The molecule has 2 aromatic rings. The molecular weight excluding hydrogens is 658 g/mol. The Morgan fingerprint density at radius 3 is 1.93 bits per heavy atom. The van der Waals surface area contributed by atoms with Crippen molar-refractivity contribution in [2.75, 3.05) is 6.54 Å². The number of para-hydroxylation sites is 1. The lowest BCUT2D eigenvalue weighted by Crippen LogP contribution is -2.56. The zero-order valence-electron chi connectivity index (χ0n) is 19.4. The zero-order valence-corrected chi connectivity index (χ0v) is 24.0. The fourth-order valence-corrected chi connectivity index (χ4v) is 8.20. The van der Waals surface area contributed by atoms with Crippen molar-refractivity contribution in [3.63, 3.8) is 0 Å². The molecule has 2 aromatic carbocycles. The third kappa shape index (κ3) is 3.60. The summed E-state index contributed by atoms with van der Waals surface area (Å²) in [5, 5.41) is 11.6. The molecule has 2 bridgehead atoms. The number of hydrogen-bond acceptors (Lipinski definition) is 6. The average Bonchev–Trinajstić information content (AvgIpc) is 3.30. The fourth-order valence-electron chi connectivity index (χ4n) is 5.27. The first-order valence-electron chi connectivity index (χ1n) is 11.2. The number of rotatable bonds is 6. The van der Waals surface area contributed by atoms with E-state index in [1.165, 1.54) is 12.1 Å². The summed E-state index contributed by atoms with van der Waals surface area (Å²) in [5.41, 5.74) is -1.29. The van der Waals surface area contributed by atoms with Crippen molar-refractivity contribution in [1.82, 2.24) is 10.0 Å². The minimum atomic E-state index is -2.25. The number of alkyl halides is 4. The molecule has 1 saturated carbocycles. The Hall–Kier alpha value is -2.47. The summed E-state index contributed by atoms with van der Waals surface area (Å²) >= 11 is 39.0. The maximum Gasteiger partial charge on any atom is 0.282 e. The molecule has 3 amide bonds. The molecule has 2 fully saturated rings. The van der Waals surface area contributed by atoms with Gasteiger partial charge in [0.2, 0.25) is 0 Å². The van der Waals surface area contributed by atoms with E-state index in [1.807, 2.05) is 0 Å². The summed E-state index contributed by atoms with van der Waals surface area (Å²) in [6, 6.07) is 8.92. The first kappa shape index (κ1) is 29.0. The molecule has 0 N–H and O–H groups in total. The number of fused-ring (bicyclic) bond motifs is 5. The van der Waals surface area contributed by atoms with E-state index in [9.17, 15) is 33.7 Å². The van der Waals surface area contributed by atoms with Crippen LogP contribution in [0.25, 0.3) is 0 Å². The van der Waals surface area contributed by atoms with E-state index >= 15 is 0 Å². The van der Waals surface area contributed by atoms with Gasteiger partial charge in [0.05, 0.1) is 26.8 Å². The number of nitro groups is 1. The van der Waals surface area contributed by atoms with Gasteiger partial charge < -0.3 is 0 Å². The van der Waals surface area contributed by atoms with E-state index in [0.29, 0.717) is 10.0 Å². The molecule has 9 nitrogen and oxygen atoms in total. The van der Waals surface area contributed by atoms with Crippen molar-refractivity contribution in [2.45, 2.75) is 14.1 Å². The number of halogens is 7. The van der Waals surface area contributed by atoms with E-state index in [0.717, 1.165) is 36.4 Å². The number of benzene rings is 2. The van der Waals surface area contributed by atoms with Gasteiger partial charge in [0.25, 0.3) is 23.4 Å². The van der Waals surface area contributed by atoms with Crippen LogP contribution in [0.5, 0.6) is 0 Å². The van der Waals surface area contributed by atoms with E-state index in [1.54, 1.807) is 0 Å². The molecule has 3 aliphatic rings. The maximum absolute atomic E-state index is 13.9. The highest BCUT2D eigenvalue weighted by Crippen LogP contribution is 2.77. The van der Waals surface area contributed by atoms with Gasteiger partial charge in [-0.3, -0.25) is 29.3 Å². The minimum Gasteiger partial charge on any atom is -0.292 e. The summed E-state index contributed by atoms with van der Waals surface area (Å²) in [6.45, 7) is -0.972. The van der Waals surface area contributed by atoms with E-state index < -0.39 is 78.0 Å². The molecule has 0 radical (unpaired) electrons. The topological polar surface area (TPSA) is 118 Å². The zero-order chi connectivity index (χ0) is 29.5. The summed E-state index contributed by atoms with van der Waals surface area (Å²) in [7, 11) is 0. The van der Waals surface area contributed by atoms with Crippen molar-refractivity contribution < 1.29 is 28.5 Å². The predicted molar refractivity (Wildman–Crippen MR) is 144 cm³/mol. The molecule has 16 heteroatoms. The van der Waals surface area contributed by atoms with Gasteiger partial charge in [-0.15, -0.1) is 23.2 Å². The number of carbonyl (C=O) groups is 4. The first-order valence-corrected chi connectivity index (χ1v) is 13.4. The van der Waals surface area contributed by atoms with Gasteiger partial charge >= 0.3 is 0 Å². The van der Waals surface area contributed by atoms with Gasteiger partial charge in [0.15, 0.2) is 10.1 Å². The highest BCUT2D eigenvalue weighted by atomic mass is 35.5. The maximum atomic E-state index is 13.9. The van der Waals surface area contributed by atoms with Crippen molar-refractivity contribution in [3.05, 3.63) is 85.7 Å². The Morgan fingerprint density at radius 2 is 1.43 bits per heavy atom. The van der Waals surface area contributed by atoms with Gasteiger partial charge in [-0.25, -0.2) is 9.40 Å². The van der Waals surface area contributed by atoms with Crippen LogP contribution in [-0.4, -0.2) is 59.1 Å². The quantitative estimate of drug-likeness (QED) is 0.133. The molecule has 0 aromatic heterocycles. The Bertz CT molecular complexity index is 1520. The van der Waals surface area contributed by atoms with Crippen LogP contribution in [0.1, 0.15) is 20.7 Å². The van der Waals surface area contributed by atoms with Gasteiger partial charge in [-0.1, -0.05) is 58.5 Å². The van der Waals surface area contributed by atoms with Crippen LogP contribution in [-0.2, 0) is 9.59 Å². The number of hydrogen-bond donors (Lipinski definition) is 0. The van der Waals surface area contributed by atoms with Crippen LogP contribution in [0.4, 0.5) is 10.1 Å². The molecular formula is C24H12Cl6FN3O6. The second-order valence-corrected chi connectivity index (χ2v) is 12.4. The normalized spacial score (nSPS) is 28.2. The number of allylic oxidation sites excluding steroid dienone is 2. The second-order valence-electron chi connectivity index (χ2n) is 9.14. The third-order valence-corrected chi connectivity index (χ3v) is 11.4. The molecule has 0 spiro atoms. The van der Waals surface area contributed by atoms with Crippen LogP contribution in [0.3, 0.4) is 0 Å². The summed E-state index contributed by atoms with van der Waals surface area (Å²) in [4.78, 5) is 61.1. The van der Waals surface area contributed by atoms with E-state index in [2.05, 4.69) is 0 Å². The predicted octanol–water partition coefficient (Wildman–Crippen LogP) is 5.42. The molecule has 0 unspecified atom stereocenters. The molecule has 5 rings (SSSR count). The molecule has 2 aliphatic carbocycles. The standard InChI is InChI=1S/C24H12Cl6FN3O6/c25-17-18(26)23(28)16-15(22(17,27)24(23,29)30)20(37)33(21(16)38)32(9-14(35)10-5-7-11(31)8-6-10)19(36)12-3-1-2-4-13(12)34(39)40/h1-8,15-16H,9H2/t15-,16-,22-,23-/m1/s1. The number of nitrogens with zero attached hydrogens (tertiary/aromatic N) is 3. The highest BCUT2D eigenvalue weighted by molar-refractivity contribution is 6.66. The SMILES string of the molecule is O=C(CN(C(=O)c1ccccc1[N+](=O)[O-])N1C(=O)[C@H]2[C@H](C1=O)[C@@]1(Cl)C(Cl)=C(Cl)[C@@]2(Cl)C1(Cl)Cl)c1ccc(F)cc1. The molecule has 1 heterocycles. The van der Waals surface area contributed by atoms with Crippen LogP contribution >= 0.6 is 69.6 Å². The molecule has 1 saturated heterocycles. The Kier molecular flexibility index (Phi) is 6.92. The van der Waals surface area contributed by atoms with Gasteiger partial charge in [-0.05, 0) is 30.3 Å². The van der Waals surface area contributed by atoms with Crippen molar-refractivity contribution in [3.8, 4) is 0 Å². The van der Waals surface area contributed by atoms with Crippen LogP contribution in [0, 0.1) is 27.8 Å². The lowest BCUT2D eigenvalue weighted by molar-refractivity contribution is -0.385. The van der Waals surface area contributed by atoms with Gasteiger partial charge in [-0.2, -0.15) is 5.01 Å². The number of carbonyl (C=O) groups excluding carboxylic acids is 4. The highest BCUT2D eigenvalue weighted by Gasteiger charge is 2.88. The molecule has 1 aliphatic heterocycles. The Balaban J connectivity index is 1.63. The smallest absolute Gasteiger partial charge is 0.282 e. The number of ketones is 1. The summed E-state index contributed by atoms with van der Waals surface area (Å²) < 4.78 is 11.2. The lowest BCUT2D eigenvalue weighted by atomic mass is 9.84. The van der Waals surface area contributed by atoms with Crippen molar-refractivity contribution in [2.24, 2.45) is 11.8 Å². The number of hydrazine groups is 1. The Morgan fingerprint density at radius 1 is 0.925 bits per heavy atom. The lowest BCUT2D eigenvalue weighted by Gasteiger charge is -2.36. The molecule has 40 heavy (non-hydrogen) atoms. The molecule has 208 valence electrons. The van der Waals surface area contributed by atoms with Gasteiger partial charge in [0, 0.05) is 11.6 Å². The summed E-state index contributed by atoms with van der Waals surface area (Å²) in [6.07, 6.45) is 0. The molecule has 4 atom stereocenters. The average molecular weight is 670 g/mol. The first-order chi connectivity index (χ1) is 18.6. The largest absolute Gasteiger partial charge is 0.292 e. The van der Waals surface area contributed by atoms with Gasteiger partial charge in [0.1, 0.15) is 27.7 Å². The van der Waals surface area contributed by atoms with Crippen LogP contribution in [0.15, 0.2) is 58.6 Å². The summed E-state index contributed by atoms with van der Waals surface area (Å²) in [5.74, 6) is -8.32. The second kappa shape index (κ2) is 9.54. The van der Waals surface area contributed by atoms with E-state index in [-0.39, 0.29) is 15.6 Å². The Labute approximate surface area is 254 Å². The number of Topliss-reactive ketones (excluding diaryl/α,β-unsaturated/α-hetero) is 1. The third-order valence-electron chi connectivity index (χ3n) is 7.15. The monoisotopic (exact) mass is 667 g/mol. The number of nitro benzene ring substituents is 1. The van der Waals surface area contributed by atoms with Crippen LogP contribution in [0.2, 0.25) is 0 Å².